The SMILES string of the molecule is FC(F)(F)c1cnc2cnccn12. The van der Waals surface area contributed by atoms with Crippen LogP contribution in [0.25, 0.3) is 5.65 Å². The van der Waals surface area contributed by atoms with Gasteiger partial charge in [-0.2, -0.15) is 13.2 Å². The van der Waals surface area contributed by atoms with Gasteiger partial charge in [0.1, 0.15) is 5.69 Å². The molecule has 0 spiro atoms. The molecule has 0 aromatic carbocycles. The predicted molar refractivity (Wildman–Crippen MR) is 38.0 cm³/mol. The number of nitrogens with zero attached hydrogens (tertiary/aromatic N) is 3. The van der Waals surface area contributed by atoms with Crippen molar-refractivity contribution in [3.63, 3.8) is 0 Å². The molecule has 0 aliphatic rings. The van der Waals surface area contributed by atoms with Crippen LogP contribution in [-0.2, 0) is 6.18 Å². The third-order valence-electron chi connectivity index (χ3n) is 1.61. The molecule has 0 saturated carbocycles. The van der Waals surface area contributed by atoms with Crippen LogP contribution >= 0.6 is 0 Å². The summed E-state index contributed by atoms with van der Waals surface area (Å²) in [5.41, 5.74) is -0.597. The minimum Gasteiger partial charge on any atom is -0.293 e. The lowest BCUT2D eigenvalue weighted by Crippen LogP contribution is -2.08. The predicted octanol–water partition coefficient (Wildman–Crippen LogP) is 1.75. The highest BCUT2D eigenvalue weighted by Crippen LogP contribution is 2.29. The van der Waals surface area contributed by atoms with Gasteiger partial charge in [0.25, 0.3) is 0 Å². The Morgan fingerprint density at radius 1 is 1.23 bits per heavy atom. The van der Waals surface area contributed by atoms with Gasteiger partial charge >= 0.3 is 6.18 Å². The van der Waals surface area contributed by atoms with E-state index in [1.54, 1.807) is 0 Å². The summed E-state index contributed by atoms with van der Waals surface area (Å²) in [6, 6.07) is 0. The first-order valence-corrected chi connectivity index (χ1v) is 3.43. The smallest absolute Gasteiger partial charge is 0.293 e. The van der Waals surface area contributed by atoms with Gasteiger partial charge in [0.15, 0.2) is 5.65 Å². The zero-order valence-corrected chi connectivity index (χ0v) is 6.28. The fourth-order valence-corrected chi connectivity index (χ4v) is 1.05. The summed E-state index contributed by atoms with van der Waals surface area (Å²) in [5, 5.41) is 0. The standard InChI is InChI=1S/C7H4F3N3/c8-7(9,10)5-3-12-6-4-11-1-2-13(5)6/h1-4H. The maximum absolute atomic E-state index is 12.3. The fourth-order valence-electron chi connectivity index (χ4n) is 1.05. The molecule has 13 heavy (non-hydrogen) atoms. The molecular formula is C7H4F3N3. The van der Waals surface area contributed by atoms with Crippen molar-refractivity contribution in [3.05, 3.63) is 30.5 Å². The third-order valence-corrected chi connectivity index (χ3v) is 1.61. The van der Waals surface area contributed by atoms with E-state index in [2.05, 4.69) is 9.97 Å². The van der Waals surface area contributed by atoms with Crippen molar-refractivity contribution in [2.75, 3.05) is 0 Å². The van der Waals surface area contributed by atoms with E-state index in [4.69, 9.17) is 0 Å². The number of aromatic nitrogens is 3. The van der Waals surface area contributed by atoms with Gasteiger partial charge in [-0.3, -0.25) is 9.38 Å². The molecular weight excluding hydrogens is 183 g/mol. The van der Waals surface area contributed by atoms with E-state index in [-0.39, 0.29) is 5.65 Å². The van der Waals surface area contributed by atoms with Crippen molar-refractivity contribution < 1.29 is 13.2 Å². The van der Waals surface area contributed by atoms with Gasteiger partial charge in [-0.25, -0.2) is 4.98 Å². The Kier molecular flexibility index (Phi) is 1.51. The molecule has 0 aliphatic carbocycles. The van der Waals surface area contributed by atoms with Crippen molar-refractivity contribution in [2.45, 2.75) is 6.18 Å². The van der Waals surface area contributed by atoms with Crippen molar-refractivity contribution in [1.29, 1.82) is 0 Å². The quantitative estimate of drug-likeness (QED) is 0.628. The van der Waals surface area contributed by atoms with Gasteiger partial charge < -0.3 is 0 Å². The lowest BCUT2D eigenvalue weighted by atomic mass is 10.4. The lowest BCUT2D eigenvalue weighted by molar-refractivity contribution is -0.141. The average molecular weight is 187 g/mol. The van der Waals surface area contributed by atoms with Gasteiger partial charge in [-0.1, -0.05) is 0 Å². The molecule has 68 valence electrons. The van der Waals surface area contributed by atoms with Crippen LogP contribution in [0.3, 0.4) is 0 Å². The Hall–Kier alpha value is -1.59. The molecule has 0 bridgehead atoms. The molecule has 2 heterocycles. The summed E-state index contributed by atoms with van der Waals surface area (Å²) < 4.78 is 37.8. The van der Waals surface area contributed by atoms with Crippen molar-refractivity contribution in [3.8, 4) is 0 Å². The van der Waals surface area contributed by atoms with Crippen molar-refractivity contribution >= 4 is 5.65 Å². The molecule has 6 heteroatoms. The number of halogens is 3. The first kappa shape index (κ1) is 8.03. The van der Waals surface area contributed by atoms with Gasteiger partial charge in [0, 0.05) is 12.4 Å². The number of imidazole rings is 1. The second kappa shape index (κ2) is 2.45. The minimum absolute atomic E-state index is 0.190. The topological polar surface area (TPSA) is 30.2 Å². The molecule has 0 radical (unpaired) electrons. The van der Waals surface area contributed by atoms with E-state index in [0.717, 1.165) is 10.6 Å². The molecule has 2 aromatic rings. The fraction of sp³-hybridized carbons (Fsp3) is 0.143. The second-order valence-electron chi connectivity index (χ2n) is 2.45. The largest absolute Gasteiger partial charge is 0.433 e. The first-order valence-electron chi connectivity index (χ1n) is 3.43. The van der Waals surface area contributed by atoms with Gasteiger partial charge in [-0.15, -0.1) is 0 Å². The molecule has 2 rings (SSSR count). The highest BCUT2D eigenvalue weighted by Gasteiger charge is 2.34. The first-order chi connectivity index (χ1) is 6.09. The summed E-state index contributed by atoms with van der Waals surface area (Å²) in [6.45, 7) is 0. The van der Waals surface area contributed by atoms with Gasteiger partial charge in [0.05, 0.1) is 12.4 Å². The van der Waals surface area contributed by atoms with Crippen LogP contribution in [0.5, 0.6) is 0 Å². The molecule has 0 N–H and O–H groups in total. The summed E-state index contributed by atoms with van der Waals surface area (Å²) in [6.07, 6.45) is 0.197. The average Bonchev–Trinajstić information content (AvgIpc) is 2.45. The third kappa shape index (κ3) is 1.24. The highest BCUT2D eigenvalue weighted by molar-refractivity contribution is 5.37. The van der Waals surface area contributed by atoms with E-state index < -0.39 is 11.9 Å². The summed E-state index contributed by atoms with van der Waals surface area (Å²) >= 11 is 0. The molecule has 0 amide bonds. The summed E-state index contributed by atoms with van der Waals surface area (Å²) in [5.74, 6) is 0. The Labute approximate surface area is 70.9 Å². The molecule has 3 nitrogen and oxygen atoms in total. The van der Waals surface area contributed by atoms with Gasteiger partial charge in [0.2, 0.25) is 0 Å². The van der Waals surface area contributed by atoms with Crippen LogP contribution in [-0.4, -0.2) is 14.4 Å². The number of fused-ring (bicyclic) bond motifs is 1. The summed E-state index contributed by atoms with van der Waals surface area (Å²) in [7, 11) is 0. The molecule has 0 unspecified atom stereocenters. The Morgan fingerprint density at radius 3 is 2.69 bits per heavy atom. The monoisotopic (exact) mass is 187 g/mol. The van der Waals surface area contributed by atoms with Gasteiger partial charge in [-0.05, 0) is 0 Å². The van der Waals surface area contributed by atoms with Crippen LogP contribution in [0.1, 0.15) is 5.69 Å². The van der Waals surface area contributed by atoms with E-state index in [9.17, 15) is 13.2 Å². The van der Waals surface area contributed by atoms with E-state index >= 15 is 0 Å². The van der Waals surface area contributed by atoms with Crippen LogP contribution in [0, 0.1) is 0 Å². The summed E-state index contributed by atoms with van der Waals surface area (Å²) in [4.78, 5) is 7.22. The Balaban J connectivity index is 2.72. The minimum atomic E-state index is -4.37. The lowest BCUT2D eigenvalue weighted by Gasteiger charge is -2.04. The van der Waals surface area contributed by atoms with Crippen molar-refractivity contribution in [2.24, 2.45) is 0 Å². The maximum Gasteiger partial charge on any atom is 0.433 e. The molecule has 0 aliphatic heterocycles. The Bertz CT molecular complexity index is 432. The molecule has 0 saturated heterocycles. The maximum atomic E-state index is 12.3. The molecule has 2 aromatic heterocycles. The van der Waals surface area contributed by atoms with Crippen LogP contribution < -0.4 is 0 Å². The molecule has 0 fully saturated rings. The number of rotatable bonds is 0. The van der Waals surface area contributed by atoms with E-state index in [0.29, 0.717) is 0 Å². The van der Waals surface area contributed by atoms with E-state index in [1.165, 1.54) is 18.6 Å². The normalized spacial score (nSPS) is 12.2. The number of hydrogen-bond acceptors (Lipinski definition) is 2. The second-order valence-corrected chi connectivity index (χ2v) is 2.45. The zero-order chi connectivity index (χ0) is 9.47. The zero-order valence-electron chi connectivity index (χ0n) is 6.28. The van der Waals surface area contributed by atoms with Crippen LogP contribution in [0.4, 0.5) is 13.2 Å². The van der Waals surface area contributed by atoms with E-state index in [1.807, 2.05) is 0 Å². The highest BCUT2D eigenvalue weighted by atomic mass is 19.4. The van der Waals surface area contributed by atoms with Crippen molar-refractivity contribution in [1.82, 2.24) is 14.4 Å². The number of alkyl halides is 3. The molecule has 0 atom stereocenters. The Morgan fingerprint density at radius 2 is 2.00 bits per heavy atom. The van der Waals surface area contributed by atoms with Crippen LogP contribution in [0.2, 0.25) is 0 Å². The van der Waals surface area contributed by atoms with Crippen LogP contribution in [0.15, 0.2) is 24.8 Å². The number of hydrogen-bond donors (Lipinski definition) is 0.